The summed E-state index contributed by atoms with van der Waals surface area (Å²) in [5, 5.41) is 2.90. The maximum absolute atomic E-state index is 12.3. The van der Waals surface area contributed by atoms with Gasteiger partial charge >= 0.3 is 0 Å². The quantitative estimate of drug-likeness (QED) is 0.856. The smallest absolute Gasteiger partial charge is 0.251 e. The van der Waals surface area contributed by atoms with Gasteiger partial charge in [-0.15, -0.1) is 0 Å². The fourth-order valence-corrected chi connectivity index (χ4v) is 2.95. The third-order valence-corrected chi connectivity index (χ3v) is 4.77. The molecule has 25 heavy (non-hydrogen) atoms. The third kappa shape index (κ3) is 5.32. The Morgan fingerprint density at radius 3 is 2.00 bits per heavy atom. The highest BCUT2D eigenvalue weighted by Crippen LogP contribution is 2.18. The fraction of sp³-hybridized carbons (Fsp3) is 0.316. The molecule has 2 rings (SSSR count). The van der Waals surface area contributed by atoms with Gasteiger partial charge in [-0.05, 0) is 62.7 Å². The second-order valence-corrected chi connectivity index (χ2v) is 8.24. The lowest BCUT2D eigenvalue weighted by Gasteiger charge is -2.15. The Morgan fingerprint density at radius 2 is 1.52 bits per heavy atom. The molecule has 5 nitrogen and oxygen atoms in total. The lowest BCUT2D eigenvalue weighted by Crippen LogP contribution is -2.26. The number of benzene rings is 2. The summed E-state index contributed by atoms with van der Waals surface area (Å²) in [5.41, 5.74) is 1.37. The summed E-state index contributed by atoms with van der Waals surface area (Å²) < 4.78 is 28.5. The van der Waals surface area contributed by atoms with Crippen LogP contribution in [0.1, 0.15) is 42.7 Å². The van der Waals surface area contributed by atoms with Crippen molar-refractivity contribution in [1.82, 2.24) is 5.32 Å². The predicted octanol–water partition coefficient (Wildman–Crippen LogP) is 3.37. The van der Waals surface area contributed by atoms with Crippen LogP contribution in [0.25, 0.3) is 0 Å². The fourth-order valence-electron chi connectivity index (χ4n) is 2.32. The molecule has 1 amide bonds. The normalized spacial score (nSPS) is 12.7. The molecule has 0 aromatic heterocycles. The van der Waals surface area contributed by atoms with Crippen molar-refractivity contribution in [2.24, 2.45) is 0 Å². The molecule has 2 aromatic rings. The van der Waals surface area contributed by atoms with Crippen LogP contribution in [-0.4, -0.2) is 26.7 Å². The summed E-state index contributed by atoms with van der Waals surface area (Å²) in [6.07, 6.45) is 1.24. The second-order valence-electron chi connectivity index (χ2n) is 6.23. The van der Waals surface area contributed by atoms with Gasteiger partial charge in [0.2, 0.25) is 0 Å². The number of carbonyl (C=O) groups excluding carboxylic acids is 1. The van der Waals surface area contributed by atoms with Crippen LogP contribution in [0.3, 0.4) is 0 Å². The first-order valence-corrected chi connectivity index (χ1v) is 9.93. The van der Waals surface area contributed by atoms with Crippen LogP contribution >= 0.6 is 0 Å². The molecule has 0 fully saturated rings. The first-order valence-electron chi connectivity index (χ1n) is 8.04. The molecule has 6 heteroatoms. The minimum Gasteiger partial charge on any atom is -0.491 e. The van der Waals surface area contributed by atoms with Crippen LogP contribution in [0, 0.1) is 0 Å². The van der Waals surface area contributed by atoms with E-state index in [1.54, 1.807) is 48.5 Å². The van der Waals surface area contributed by atoms with E-state index >= 15 is 0 Å². The first-order chi connectivity index (χ1) is 11.7. The molecule has 1 N–H and O–H groups in total. The molecule has 0 saturated carbocycles. The molecule has 134 valence electrons. The van der Waals surface area contributed by atoms with Gasteiger partial charge in [-0.2, -0.15) is 0 Å². The van der Waals surface area contributed by atoms with Gasteiger partial charge in [-0.25, -0.2) is 8.42 Å². The number of sulfone groups is 1. The van der Waals surface area contributed by atoms with Gasteiger partial charge in [0.05, 0.1) is 17.0 Å². The van der Waals surface area contributed by atoms with E-state index in [1.165, 1.54) is 6.26 Å². The van der Waals surface area contributed by atoms with Crippen LogP contribution in [0.15, 0.2) is 53.4 Å². The van der Waals surface area contributed by atoms with E-state index in [4.69, 9.17) is 4.74 Å². The van der Waals surface area contributed by atoms with Gasteiger partial charge in [0, 0.05) is 11.8 Å². The zero-order valence-electron chi connectivity index (χ0n) is 14.8. The highest BCUT2D eigenvalue weighted by atomic mass is 32.2. The number of rotatable bonds is 6. The lowest BCUT2D eigenvalue weighted by molar-refractivity contribution is 0.0940. The van der Waals surface area contributed by atoms with E-state index in [0.29, 0.717) is 5.56 Å². The monoisotopic (exact) mass is 361 g/mol. The molecule has 0 saturated heterocycles. The SMILES string of the molecule is CC(C)Oc1ccc(C(=O)N[C@H](C)c2ccc(S(C)(=O)=O)cc2)cc1. The second kappa shape index (κ2) is 7.70. The predicted molar refractivity (Wildman–Crippen MR) is 97.6 cm³/mol. The molecular weight excluding hydrogens is 338 g/mol. The number of nitrogens with one attached hydrogen (secondary N) is 1. The largest absolute Gasteiger partial charge is 0.491 e. The average molecular weight is 361 g/mol. The molecule has 0 unspecified atom stereocenters. The minimum atomic E-state index is -3.22. The Hall–Kier alpha value is -2.34. The van der Waals surface area contributed by atoms with Crippen molar-refractivity contribution in [2.45, 2.75) is 37.8 Å². The van der Waals surface area contributed by atoms with Crippen molar-refractivity contribution in [3.8, 4) is 5.75 Å². The summed E-state index contributed by atoms with van der Waals surface area (Å²) >= 11 is 0. The molecule has 0 heterocycles. The number of carbonyl (C=O) groups is 1. The summed E-state index contributed by atoms with van der Waals surface area (Å²) in [5.74, 6) is 0.520. The van der Waals surface area contributed by atoms with Gasteiger partial charge in [-0.3, -0.25) is 4.79 Å². The molecule has 0 aliphatic carbocycles. The Morgan fingerprint density at radius 1 is 0.960 bits per heavy atom. The Balaban J connectivity index is 2.04. The van der Waals surface area contributed by atoms with Crippen LogP contribution in [-0.2, 0) is 9.84 Å². The molecule has 0 aliphatic rings. The summed E-state index contributed by atoms with van der Waals surface area (Å²) in [7, 11) is -3.22. The van der Waals surface area contributed by atoms with Gasteiger partial charge in [0.15, 0.2) is 9.84 Å². The molecule has 2 aromatic carbocycles. The number of hydrogen-bond acceptors (Lipinski definition) is 4. The van der Waals surface area contributed by atoms with Crippen molar-refractivity contribution in [3.63, 3.8) is 0 Å². The lowest BCUT2D eigenvalue weighted by atomic mass is 10.1. The Kier molecular flexibility index (Phi) is 5.85. The Bertz CT molecular complexity index is 825. The van der Waals surface area contributed by atoms with Crippen molar-refractivity contribution >= 4 is 15.7 Å². The maximum Gasteiger partial charge on any atom is 0.251 e. The topological polar surface area (TPSA) is 72.5 Å². The van der Waals surface area contributed by atoms with Crippen molar-refractivity contribution in [1.29, 1.82) is 0 Å². The zero-order valence-corrected chi connectivity index (χ0v) is 15.6. The van der Waals surface area contributed by atoms with E-state index in [2.05, 4.69) is 5.32 Å². The molecule has 0 aliphatic heterocycles. The molecule has 0 radical (unpaired) electrons. The Labute approximate surface area is 148 Å². The van der Waals surface area contributed by atoms with Crippen LogP contribution < -0.4 is 10.1 Å². The van der Waals surface area contributed by atoms with E-state index in [9.17, 15) is 13.2 Å². The summed E-state index contributed by atoms with van der Waals surface area (Å²) in [6.45, 7) is 5.73. The third-order valence-electron chi connectivity index (χ3n) is 3.64. The minimum absolute atomic E-state index is 0.0783. The van der Waals surface area contributed by atoms with Gasteiger partial charge in [0.1, 0.15) is 5.75 Å². The van der Waals surface area contributed by atoms with Gasteiger partial charge < -0.3 is 10.1 Å². The first kappa shape index (κ1) is 19.0. The van der Waals surface area contributed by atoms with Gasteiger partial charge in [-0.1, -0.05) is 12.1 Å². The van der Waals surface area contributed by atoms with E-state index < -0.39 is 9.84 Å². The number of amides is 1. The van der Waals surface area contributed by atoms with Crippen molar-refractivity contribution < 1.29 is 17.9 Å². The summed E-state index contributed by atoms with van der Waals surface area (Å²) in [4.78, 5) is 12.6. The standard InChI is InChI=1S/C19H23NO4S/c1-13(2)24-17-9-5-16(6-10-17)19(21)20-14(3)15-7-11-18(12-8-15)25(4,22)23/h5-14H,1-4H3,(H,20,21)/t14-/m1/s1. The van der Waals surface area contributed by atoms with Crippen LogP contribution in [0.5, 0.6) is 5.75 Å². The number of hydrogen-bond donors (Lipinski definition) is 1. The highest BCUT2D eigenvalue weighted by molar-refractivity contribution is 7.90. The van der Waals surface area contributed by atoms with Crippen molar-refractivity contribution in [3.05, 3.63) is 59.7 Å². The van der Waals surface area contributed by atoms with Crippen molar-refractivity contribution in [2.75, 3.05) is 6.26 Å². The molecule has 0 spiro atoms. The highest BCUT2D eigenvalue weighted by Gasteiger charge is 2.13. The van der Waals surface area contributed by atoms with Crippen LogP contribution in [0.2, 0.25) is 0 Å². The van der Waals surface area contributed by atoms with E-state index in [1.807, 2.05) is 20.8 Å². The molecular formula is C19H23NO4S. The molecule has 1 atom stereocenters. The van der Waals surface area contributed by atoms with Crippen LogP contribution in [0.4, 0.5) is 0 Å². The maximum atomic E-state index is 12.3. The van der Waals surface area contributed by atoms with E-state index in [-0.39, 0.29) is 22.9 Å². The van der Waals surface area contributed by atoms with E-state index in [0.717, 1.165) is 11.3 Å². The summed E-state index contributed by atoms with van der Waals surface area (Å²) in [6, 6.07) is 13.2. The molecule has 0 bridgehead atoms. The zero-order chi connectivity index (χ0) is 18.6. The van der Waals surface area contributed by atoms with Gasteiger partial charge in [0.25, 0.3) is 5.91 Å². The average Bonchev–Trinajstić information content (AvgIpc) is 2.54. The number of ether oxygens (including phenoxy) is 1.